The van der Waals surface area contributed by atoms with Crippen molar-refractivity contribution in [3.63, 3.8) is 0 Å². The average Bonchev–Trinajstić information content (AvgIpc) is 3.19. The molecule has 0 aliphatic carbocycles. The van der Waals surface area contributed by atoms with Crippen molar-refractivity contribution in [1.82, 2.24) is 4.90 Å². The van der Waals surface area contributed by atoms with Crippen molar-refractivity contribution in [2.75, 3.05) is 45.9 Å². The highest BCUT2D eigenvalue weighted by molar-refractivity contribution is 6.00. The van der Waals surface area contributed by atoms with E-state index < -0.39 is 5.92 Å². The Hall–Kier alpha value is -3.42. The van der Waals surface area contributed by atoms with Gasteiger partial charge in [0.15, 0.2) is 11.5 Å². The molecule has 1 fully saturated rings. The first-order valence-corrected chi connectivity index (χ1v) is 10.2. The smallest absolute Gasteiger partial charge is 0.228 e. The molecular formula is C23H26N2O6. The number of hydrogen-bond acceptors (Lipinski definition) is 6. The van der Waals surface area contributed by atoms with Crippen molar-refractivity contribution in [1.29, 1.82) is 0 Å². The summed E-state index contributed by atoms with van der Waals surface area (Å²) in [6.07, 6.45) is 0.178. The second kappa shape index (κ2) is 8.75. The zero-order valence-electron chi connectivity index (χ0n) is 17.9. The molecule has 2 amide bonds. The second-order valence-electron chi connectivity index (χ2n) is 7.61. The fourth-order valence-corrected chi connectivity index (χ4v) is 3.95. The molecule has 31 heavy (non-hydrogen) atoms. The molecular weight excluding hydrogens is 400 g/mol. The molecule has 4 rings (SSSR count). The van der Waals surface area contributed by atoms with Crippen LogP contribution >= 0.6 is 0 Å². The fourth-order valence-electron chi connectivity index (χ4n) is 3.95. The summed E-state index contributed by atoms with van der Waals surface area (Å²) in [6, 6.07) is 10.9. The SMILES string of the molecule is COc1ccc(CN(C)C(=O)[C@H]2CC(=O)N(c3ccc4c(c3)OCCO4)C2)c(OC)c1. The predicted molar refractivity (Wildman–Crippen MR) is 114 cm³/mol. The lowest BCUT2D eigenvalue weighted by Crippen LogP contribution is -2.34. The summed E-state index contributed by atoms with van der Waals surface area (Å²) in [7, 11) is 4.92. The Kier molecular flexibility index (Phi) is 5.88. The molecule has 0 N–H and O–H groups in total. The van der Waals surface area contributed by atoms with E-state index in [-0.39, 0.29) is 18.2 Å². The third-order valence-electron chi connectivity index (χ3n) is 5.59. The van der Waals surface area contributed by atoms with Gasteiger partial charge in [0.25, 0.3) is 0 Å². The molecule has 2 heterocycles. The van der Waals surface area contributed by atoms with Gasteiger partial charge < -0.3 is 28.7 Å². The van der Waals surface area contributed by atoms with Gasteiger partial charge >= 0.3 is 0 Å². The summed E-state index contributed by atoms with van der Waals surface area (Å²) >= 11 is 0. The molecule has 2 aromatic rings. The van der Waals surface area contributed by atoms with Gasteiger partial charge in [0.05, 0.1) is 20.1 Å². The van der Waals surface area contributed by atoms with Gasteiger partial charge in [-0.1, -0.05) is 0 Å². The number of anilines is 1. The van der Waals surface area contributed by atoms with Crippen LogP contribution in [0.25, 0.3) is 0 Å². The summed E-state index contributed by atoms with van der Waals surface area (Å²) in [5, 5.41) is 0. The largest absolute Gasteiger partial charge is 0.497 e. The number of benzene rings is 2. The average molecular weight is 426 g/mol. The van der Waals surface area contributed by atoms with Crippen LogP contribution in [0.15, 0.2) is 36.4 Å². The Balaban J connectivity index is 1.44. The highest BCUT2D eigenvalue weighted by atomic mass is 16.6. The molecule has 0 unspecified atom stereocenters. The molecule has 1 atom stereocenters. The predicted octanol–water partition coefficient (Wildman–Crippen LogP) is 2.49. The van der Waals surface area contributed by atoms with Crippen LogP contribution in [0, 0.1) is 5.92 Å². The molecule has 2 aliphatic rings. The van der Waals surface area contributed by atoms with Crippen LogP contribution < -0.4 is 23.8 Å². The maximum Gasteiger partial charge on any atom is 0.228 e. The van der Waals surface area contributed by atoms with Crippen LogP contribution in [-0.2, 0) is 16.1 Å². The van der Waals surface area contributed by atoms with E-state index in [0.717, 1.165) is 5.56 Å². The number of hydrogen-bond donors (Lipinski definition) is 0. The first-order valence-electron chi connectivity index (χ1n) is 10.2. The maximum atomic E-state index is 13.1. The van der Waals surface area contributed by atoms with Crippen molar-refractivity contribution in [2.24, 2.45) is 5.92 Å². The lowest BCUT2D eigenvalue weighted by Gasteiger charge is -2.24. The Bertz CT molecular complexity index is 992. The summed E-state index contributed by atoms with van der Waals surface area (Å²) < 4.78 is 21.8. The van der Waals surface area contributed by atoms with Gasteiger partial charge in [0.1, 0.15) is 24.7 Å². The first-order chi connectivity index (χ1) is 15.0. The minimum absolute atomic E-state index is 0.0775. The summed E-state index contributed by atoms with van der Waals surface area (Å²) in [5.41, 5.74) is 1.58. The third-order valence-corrected chi connectivity index (χ3v) is 5.59. The first kappa shape index (κ1) is 20.8. The standard InChI is InChI=1S/C23H26N2O6/c1-24(13-15-4-6-18(28-2)12-20(15)29-3)23(27)16-10-22(26)25(14-16)17-5-7-19-21(11-17)31-9-8-30-19/h4-7,11-12,16H,8-10,13-14H2,1-3H3/t16-/m0/s1. The fraction of sp³-hybridized carbons (Fsp3) is 0.391. The summed E-state index contributed by atoms with van der Waals surface area (Å²) in [4.78, 5) is 29.0. The van der Waals surface area contributed by atoms with Gasteiger partial charge in [-0.3, -0.25) is 9.59 Å². The van der Waals surface area contributed by atoms with E-state index in [4.69, 9.17) is 18.9 Å². The maximum absolute atomic E-state index is 13.1. The van der Waals surface area contributed by atoms with Crippen molar-refractivity contribution in [3.05, 3.63) is 42.0 Å². The zero-order valence-corrected chi connectivity index (χ0v) is 17.9. The van der Waals surface area contributed by atoms with E-state index in [2.05, 4.69) is 0 Å². The van der Waals surface area contributed by atoms with Crippen LogP contribution in [0.5, 0.6) is 23.0 Å². The molecule has 0 aromatic heterocycles. The molecule has 164 valence electrons. The highest BCUT2D eigenvalue weighted by Gasteiger charge is 2.37. The lowest BCUT2D eigenvalue weighted by molar-refractivity contribution is -0.135. The third kappa shape index (κ3) is 4.23. The topological polar surface area (TPSA) is 77.5 Å². The van der Waals surface area contributed by atoms with E-state index in [1.54, 1.807) is 49.3 Å². The normalized spacial score (nSPS) is 17.5. The van der Waals surface area contributed by atoms with Gasteiger partial charge in [-0.2, -0.15) is 0 Å². The minimum Gasteiger partial charge on any atom is -0.497 e. The Morgan fingerprint density at radius 2 is 1.87 bits per heavy atom. The lowest BCUT2D eigenvalue weighted by atomic mass is 10.1. The Morgan fingerprint density at radius 1 is 1.10 bits per heavy atom. The summed E-state index contributed by atoms with van der Waals surface area (Å²) in [6.45, 7) is 1.70. The number of rotatable bonds is 6. The van der Waals surface area contributed by atoms with E-state index in [9.17, 15) is 9.59 Å². The van der Waals surface area contributed by atoms with Crippen LogP contribution in [0.4, 0.5) is 5.69 Å². The number of fused-ring (bicyclic) bond motifs is 1. The van der Waals surface area contributed by atoms with E-state index in [1.807, 2.05) is 18.2 Å². The van der Waals surface area contributed by atoms with Crippen molar-refractivity contribution >= 4 is 17.5 Å². The highest BCUT2D eigenvalue weighted by Crippen LogP contribution is 2.36. The molecule has 0 saturated carbocycles. The number of carbonyl (C=O) groups is 2. The van der Waals surface area contributed by atoms with Crippen molar-refractivity contribution < 1.29 is 28.5 Å². The monoisotopic (exact) mass is 426 g/mol. The quantitative estimate of drug-likeness (QED) is 0.706. The minimum atomic E-state index is -0.407. The number of amides is 2. The van der Waals surface area contributed by atoms with Gasteiger partial charge in [0.2, 0.25) is 11.8 Å². The molecule has 8 heteroatoms. The summed E-state index contributed by atoms with van der Waals surface area (Å²) in [5.74, 6) is 2.06. The van der Waals surface area contributed by atoms with Gasteiger partial charge in [0, 0.05) is 49.9 Å². The molecule has 2 aromatic carbocycles. The van der Waals surface area contributed by atoms with E-state index >= 15 is 0 Å². The molecule has 2 aliphatic heterocycles. The number of methoxy groups -OCH3 is 2. The molecule has 1 saturated heterocycles. The van der Waals surface area contributed by atoms with Crippen LogP contribution in [0.1, 0.15) is 12.0 Å². The number of carbonyl (C=O) groups excluding carboxylic acids is 2. The molecule has 0 spiro atoms. The molecule has 0 bridgehead atoms. The van der Waals surface area contributed by atoms with Gasteiger partial charge in [-0.15, -0.1) is 0 Å². The van der Waals surface area contributed by atoms with Crippen molar-refractivity contribution in [2.45, 2.75) is 13.0 Å². The molecule has 8 nitrogen and oxygen atoms in total. The van der Waals surface area contributed by atoms with Gasteiger partial charge in [-0.05, 0) is 24.3 Å². The van der Waals surface area contributed by atoms with E-state index in [1.165, 1.54) is 0 Å². The van der Waals surface area contributed by atoms with Crippen LogP contribution in [-0.4, -0.2) is 57.7 Å². The zero-order chi connectivity index (χ0) is 22.0. The van der Waals surface area contributed by atoms with E-state index in [0.29, 0.717) is 55.0 Å². The number of nitrogens with zero attached hydrogens (tertiary/aromatic N) is 2. The van der Waals surface area contributed by atoms with Crippen molar-refractivity contribution in [3.8, 4) is 23.0 Å². The van der Waals surface area contributed by atoms with Crippen LogP contribution in [0.3, 0.4) is 0 Å². The van der Waals surface area contributed by atoms with Crippen LogP contribution in [0.2, 0.25) is 0 Å². The second-order valence-corrected chi connectivity index (χ2v) is 7.61. The number of ether oxygens (including phenoxy) is 4. The Labute approximate surface area is 181 Å². The van der Waals surface area contributed by atoms with Gasteiger partial charge in [-0.25, -0.2) is 0 Å². The Morgan fingerprint density at radius 3 is 2.61 bits per heavy atom. The molecule has 0 radical (unpaired) electrons.